The maximum absolute atomic E-state index is 6.67. The van der Waals surface area contributed by atoms with Crippen molar-refractivity contribution in [2.45, 2.75) is 6.92 Å². The molecule has 0 amide bonds. The lowest BCUT2D eigenvalue weighted by molar-refractivity contribution is 1.48. The number of hydrogen-bond donors (Lipinski definition) is 2. The second-order valence-electron chi connectivity index (χ2n) is 9.18. The van der Waals surface area contributed by atoms with Crippen LogP contribution in [-0.4, -0.2) is 9.97 Å². The number of rotatable bonds is 2. The Morgan fingerprint density at radius 3 is 1.69 bits per heavy atom. The second kappa shape index (κ2) is 8.24. The first kappa shape index (κ1) is 22.2. The van der Waals surface area contributed by atoms with Crippen LogP contribution < -0.4 is 0 Å². The van der Waals surface area contributed by atoms with Crippen LogP contribution in [0.15, 0.2) is 93.9 Å². The molecular weight excluding hydrogens is 596 g/mol. The van der Waals surface area contributed by atoms with Gasteiger partial charge in [-0.2, -0.15) is 0 Å². The first-order valence-electron chi connectivity index (χ1n) is 11.7. The van der Waals surface area contributed by atoms with E-state index in [1.54, 1.807) is 0 Å². The predicted octanol–water partition coefficient (Wildman–Crippen LogP) is 10.8. The smallest absolute Gasteiger partial charge is 0.0560 e. The Labute approximate surface area is 229 Å². The minimum atomic E-state index is 0.749. The van der Waals surface area contributed by atoms with Crippen molar-refractivity contribution in [1.82, 2.24) is 9.97 Å². The third-order valence-electron chi connectivity index (χ3n) is 7.12. The Morgan fingerprint density at radius 2 is 1.08 bits per heavy atom. The van der Waals surface area contributed by atoms with Crippen LogP contribution in [-0.2, 0) is 0 Å². The van der Waals surface area contributed by atoms with Crippen LogP contribution in [0, 0.1) is 6.92 Å². The molecule has 0 bridgehead atoms. The Bertz CT molecular complexity index is 1850. The van der Waals surface area contributed by atoms with Gasteiger partial charge < -0.3 is 9.97 Å². The van der Waals surface area contributed by atoms with E-state index < -0.39 is 0 Å². The minimum Gasteiger partial charge on any atom is -0.354 e. The molecule has 2 aromatic heterocycles. The van der Waals surface area contributed by atoms with Crippen molar-refractivity contribution in [3.8, 4) is 22.3 Å². The molecule has 0 saturated heterocycles. The van der Waals surface area contributed by atoms with Gasteiger partial charge in [0.2, 0.25) is 0 Å². The molecule has 0 saturated carbocycles. The second-order valence-corrected chi connectivity index (χ2v) is 11.3. The maximum Gasteiger partial charge on any atom is 0.0560 e. The highest BCUT2D eigenvalue weighted by molar-refractivity contribution is 9.11. The van der Waals surface area contributed by atoms with Crippen molar-refractivity contribution in [3.05, 3.63) is 104 Å². The molecule has 0 radical (unpaired) electrons. The molecule has 174 valence electrons. The van der Waals surface area contributed by atoms with Crippen molar-refractivity contribution < 1.29 is 0 Å². The zero-order valence-electron chi connectivity index (χ0n) is 19.2. The number of hydrogen-bond acceptors (Lipinski definition) is 0. The summed E-state index contributed by atoms with van der Waals surface area (Å²) in [6.45, 7) is 2.17. The molecule has 0 aliphatic rings. The number of aromatic nitrogens is 2. The molecule has 0 unspecified atom stereocenters. The van der Waals surface area contributed by atoms with Crippen LogP contribution in [0.1, 0.15) is 5.56 Å². The summed E-state index contributed by atoms with van der Waals surface area (Å²) >= 11 is 14.5. The molecule has 0 aliphatic heterocycles. The molecule has 5 aromatic carbocycles. The van der Waals surface area contributed by atoms with Crippen LogP contribution >= 0.6 is 43.5 Å². The van der Waals surface area contributed by atoms with Crippen LogP contribution in [0.5, 0.6) is 0 Å². The summed E-state index contributed by atoms with van der Waals surface area (Å²) in [4.78, 5) is 7.27. The number of para-hydroxylation sites is 2. The van der Waals surface area contributed by atoms with Gasteiger partial charge in [-0.3, -0.25) is 0 Å². The van der Waals surface area contributed by atoms with Gasteiger partial charge in [-0.1, -0.05) is 98.1 Å². The lowest BCUT2D eigenvalue weighted by Crippen LogP contribution is -1.89. The van der Waals surface area contributed by atoms with Gasteiger partial charge >= 0.3 is 0 Å². The summed E-state index contributed by atoms with van der Waals surface area (Å²) in [5.74, 6) is 0. The van der Waals surface area contributed by atoms with Gasteiger partial charge in [-0.15, -0.1) is 0 Å². The highest BCUT2D eigenvalue weighted by atomic mass is 79.9. The van der Waals surface area contributed by atoms with E-state index in [0.29, 0.717) is 0 Å². The number of H-pyrrole nitrogens is 2. The van der Waals surface area contributed by atoms with Crippen molar-refractivity contribution in [2.24, 2.45) is 0 Å². The fraction of sp³-hybridized carbons (Fsp3) is 0.0323. The number of benzene rings is 5. The Morgan fingerprint density at radius 1 is 0.583 bits per heavy atom. The molecule has 36 heavy (non-hydrogen) atoms. The van der Waals surface area contributed by atoms with E-state index in [-0.39, 0.29) is 0 Å². The van der Waals surface area contributed by atoms with E-state index >= 15 is 0 Å². The zero-order valence-corrected chi connectivity index (χ0v) is 23.1. The maximum atomic E-state index is 6.67. The molecule has 0 atom stereocenters. The average Bonchev–Trinajstić information content (AvgIpc) is 3.46. The van der Waals surface area contributed by atoms with Crippen molar-refractivity contribution in [3.63, 3.8) is 0 Å². The molecule has 0 fully saturated rings. The molecule has 7 rings (SSSR count). The van der Waals surface area contributed by atoms with Crippen LogP contribution in [0.4, 0.5) is 0 Å². The third kappa shape index (κ3) is 3.21. The summed E-state index contributed by atoms with van der Waals surface area (Å²) in [6.07, 6.45) is 0. The summed E-state index contributed by atoms with van der Waals surface area (Å²) in [6, 6.07) is 29.7. The summed E-state index contributed by atoms with van der Waals surface area (Å²) in [7, 11) is 0. The fourth-order valence-corrected chi connectivity index (χ4v) is 6.83. The van der Waals surface area contributed by atoms with Crippen LogP contribution in [0.3, 0.4) is 0 Å². The number of aryl methyl sites for hydroxylation is 1. The van der Waals surface area contributed by atoms with Gasteiger partial charge in [-0.05, 0) is 53.9 Å². The summed E-state index contributed by atoms with van der Waals surface area (Å²) in [5.41, 5.74) is 10.2. The first-order valence-corrected chi connectivity index (χ1v) is 13.7. The van der Waals surface area contributed by atoms with Crippen molar-refractivity contribution >= 4 is 87.1 Å². The van der Waals surface area contributed by atoms with E-state index in [0.717, 1.165) is 69.1 Å². The molecule has 2 heterocycles. The molecule has 2 N–H and O–H groups in total. The van der Waals surface area contributed by atoms with E-state index in [4.69, 9.17) is 11.6 Å². The largest absolute Gasteiger partial charge is 0.354 e. The Hall–Kier alpha value is -3.05. The molecule has 0 spiro atoms. The average molecular weight is 615 g/mol. The van der Waals surface area contributed by atoms with E-state index in [2.05, 4.69) is 115 Å². The first-order chi connectivity index (χ1) is 17.5. The molecule has 2 nitrogen and oxygen atoms in total. The SMILES string of the molecule is Cc1ccc(-c2cc(Br)c(-c3ccc(Cl)c4c3[nH]c3ccccc34)cc2Br)c2[nH]c3ccccc3c12. The molecule has 5 heteroatoms. The lowest BCUT2D eigenvalue weighted by atomic mass is 9.96. The number of nitrogens with one attached hydrogen (secondary N) is 2. The van der Waals surface area contributed by atoms with Crippen molar-refractivity contribution in [1.29, 1.82) is 0 Å². The Balaban J connectivity index is 1.47. The van der Waals surface area contributed by atoms with Gasteiger partial charge in [0.15, 0.2) is 0 Å². The van der Waals surface area contributed by atoms with Gasteiger partial charge in [0.25, 0.3) is 0 Å². The summed E-state index contributed by atoms with van der Waals surface area (Å²) < 4.78 is 2.05. The van der Waals surface area contributed by atoms with Gasteiger partial charge in [0, 0.05) is 52.7 Å². The molecular formula is C31H19Br2ClN2. The molecule has 7 aromatic rings. The quantitative estimate of drug-likeness (QED) is 0.194. The lowest BCUT2D eigenvalue weighted by Gasteiger charge is -2.14. The van der Waals surface area contributed by atoms with Gasteiger partial charge in [0.05, 0.1) is 16.1 Å². The van der Waals surface area contributed by atoms with E-state index in [9.17, 15) is 0 Å². The standard InChI is InChI=1S/C31H19Br2ClN2/c1-16-10-11-17(30-28(16)19-6-2-4-8-26(19)35-30)21-14-24(33)22(15-23(21)32)18-12-13-25(34)29-20-7-3-5-9-27(20)36-31(18)29/h2-15,35-36H,1H3. The number of aromatic amines is 2. The molecule has 0 aliphatic carbocycles. The van der Waals surface area contributed by atoms with Gasteiger partial charge in [-0.25, -0.2) is 0 Å². The zero-order chi connectivity index (χ0) is 24.6. The highest BCUT2D eigenvalue weighted by Gasteiger charge is 2.19. The van der Waals surface area contributed by atoms with Gasteiger partial charge in [0.1, 0.15) is 0 Å². The number of fused-ring (bicyclic) bond motifs is 6. The van der Waals surface area contributed by atoms with Crippen LogP contribution in [0.2, 0.25) is 5.02 Å². The monoisotopic (exact) mass is 612 g/mol. The van der Waals surface area contributed by atoms with E-state index in [1.165, 1.54) is 16.3 Å². The predicted molar refractivity (Wildman–Crippen MR) is 161 cm³/mol. The van der Waals surface area contributed by atoms with Crippen LogP contribution in [0.25, 0.3) is 65.9 Å². The fourth-order valence-electron chi connectivity index (χ4n) is 5.45. The van der Waals surface area contributed by atoms with Crippen molar-refractivity contribution in [2.75, 3.05) is 0 Å². The minimum absolute atomic E-state index is 0.749. The topological polar surface area (TPSA) is 31.6 Å². The summed E-state index contributed by atoms with van der Waals surface area (Å²) in [5, 5.41) is 5.45. The Kier molecular flexibility index (Phi) is 5.07. The normalized spacial score (nSPS) is 11.9. The van der Waals surface area contributed by atoms with E-state index in [1.807, 2.05) is 18.2 Å². The third-order valence-corrected chi connectivity index (χ3v) is 8.74. The highest BCUT2D eigenvalue weighted by Crippen LogP contribution is 2.45. The number of halogens is 3.